The van der Waals surface area contributed by atoms with Gasteiger partial charge in [0.2, 0.25) is 5.91 Å². The highest BCUT2D eigenvalue weighted by Crippen LogP contribution is 2.04. The first kappa shape index (κ1) is 15.7. The molecule has 0 bridgehead atoms. The third kappa shape index (κ3) is 6.78. The Kier molecular flexibility index (Phi) is 8.13. The van der Waals surface area contributed by atoms with Crippen LogP contribution in [0.3, 0.4) is 0 Å². The third-order valence-electron chi connectivity index (χ3n) is 2.29. The quantitative estimate of drug-likeness (QED) is 0.217. The lowest BCUT2D eigenvalue weighted by Gasteiger charge is -2.26. The molecule has 0 aliphatic heterocycles. The van der Waals surface area contributed by atoms with Crippen LogP contribution in [-0.2, 0) is 9.53 Å². The Morgan fingerprint density at radius 1 is 1.53 bits per heavy atom. The lowest BCUT2D eigenvalue weighted by Crippen LogP contribution is -2.42. The fraction of sp³-hybridized carbons (Fsp3) is 0.818. The van der Waals surface area contributed by atoms with Crippen LogP contribution in [0.2, 0.25) is 0 Å². The first-order chi connectivity index (χ1) is 8.02. The van der Waals surface area contributed by atoms with E-state index in [0.717, 1.165) is 0 Å². The van der Waals surface area contributed by atoms with Gasteiger partial charge in [-0.1, -0.05) is 5.16 Å². The second-order valence-electron chi connectivity index (χ2n) is 4.01. The minimum absolute atomic E-state index is 0.00805. The summed E-state index contributed by atoms with van der Waals surface area (Å²) >= 11 is 0. The second kappa shape index (κ2) is 8.81. The van der Waals surface area contributed by atoms with Gasteiger partial charge in [-0.05, 0) is 27.2 Å². The summed E-state index contributed by atoms with van der Waals surface area (Å²) in [6.07, 6.45) is 1.10. The number of carbonyl (C=O) groups excluding carboxylic acids is 1. The molecule has 3 N–H and O–H groups in total. The van der Waals surface area contributed by atoms with E-state index in [9.17, 15) is 4.79 Å². The average molecular weight is 245 g/mol. The summed E-state index contributed by atoms with van der Waals surface area (Å²) in [4.78, 5) is 13.5. The number of ether oxygens (including phenoxy) is 1. The molecule has 0 aliphatic rings. The van der Waals surface area contributed by atoms with Gasteiger partial charge in [0.05, 0.1) is 6.54 Å². The summed E-state index contributed by atoms with van der Waals surface area (Å²) in [6, 6.07) is 0.0230. The molecule has 0 unspecified atom stereocenters. The summed E-state index contributed by atoms with van der Waals surface area (Å²) in [5.41, 5.74) is 5.41. The number of nitrogens with zero attached hydrogens (tertiary/aromatic N) is 2. The van der Waals surface area contributed by atoms with E-state index in [1.54, 1.807) is 4.90 Å². The van der Waals surface area contributed by atoms with E-state index in [-0.39, 0.29) is 24.3 Å². The van der Waals surface area contributed by atoms with Gasteiger partial charge in [-0.15, -0.1) is 0 Å². The van der Waals surface area contributed by atoms with Crippen molar-refractivity contribution >= 4 is 11.7 Å². The predicted octanol–water partition coefficient (Wildman–Crippen LogP) is 0.787. The van der Waals surface area contributed by atoms with E-state index in [1.165, 1.54) is 0 Å². The van der Waals surface area contributed by atoms with E-state index >= 15 is 0 Å². The van der Waals surface area contributed by atoms with Gasteiger partial charge in [0.15, 0.2) is 5.84 Å². The summed E-state index contributed by atoms with van der Waals surface area (Å²) in [6.45, 7) is 7.10. The van der Waals surface area contributed by atoms with Gasteiger partial charge in [0.1, 0.15) is 0 Å². The van der Waals surface area contributed by atoms with Crippen molar-refractivity contribution in [3.05, 3.63) is 0 Å². The van der Waals surface area contributed by atoms with Crippen molar-refractivity contribution in [1.29, 1.82) is 0 Å². The maximum Gasteiger partial charge on any atom is 0.223 e. The minimum atomic E-state index is -0.00805. The fourth-order valence-corrected chi connectivity index (χ4v) is 1.38. The van der Waals surface area contributed by atoms with Gasteiger partial charge in [-0.3, -0.25) is 4.79 Å². The van der Waals surface area contributed by atoms with Crippen LogP contribution < -0.4 is 5.73 Å². The van der Waals surface area contributed by atoms with Crippen LogP contribution in [-0.4, -0.2) is 47.7 Å². The van der Waals surface area contributed by atoms with Crippen LogP contribution >= 0.6 is 0 Å². The Morgan fingerprint density at radius 2 is 2.18 bits per heavy atom. The van der Waals surface area contributed by atoms with Crippen LogP contribution in [0.15, 0.2) is 5.16 Å². The second-order valence-corrected chi connectivity index (χ2v) is 4.01. The first-order valence-corrected chi connectivity index (χ1v) is 5.86. The summed E-state index contributed by atoms with van der Waals surface area (Å²) in [5, 5.41) is 11.4. The Hall–Kier alpha value is -1.30. The van der Waals surface area contributed by atoms with Gasteiger partial charge < -0.3 is 20.6 Å². The molecule has 0 aromatic heterocycles. The number of hydrogen-bond acceptors (Lipinski definition) is 4. The number of amides is 1. The Balaban J connectivity index is 4.16. The van der Waals surface area contributed by atoms with Gasteiger partial charge in [-0.2, -0.15) is 0 Å². The molecule has 0 aromatic carbocycles. The topological polar surface area (TPSA) is 88.2 Å². The monoisotopic (exact) mass is 245 g/mol. The third-order valence-corrected chi connectivity index (χ3v) is 2.29. The number of amidine groups is 1. The van der Waals surface area contributed by atoms with Gasteiger partial charge in [0.25, 0.3) is 0 Å². The largest absolute Gasteiger partial charge is 0.409 e. The smallest absolute Gasteiger partial charge is 0.223 e. The number of oxime groups is 1. The number of nitrogens with two attached hydrogens (primary N) is 1. The van der Waals surface area contributed by atoms with Crippen molar-refractivity contribution in [3.8, 4) is 0 Å². The highest BCUT2D eigenvalue weighted by Gasteiger charge is 2.17. The van der Waals surface area contributed by atoms with E-state index in [4.69, 9.17) is 15.7 Å². The number of hydrogen-bond donors (Lipinski definition) is 2. The molecular formula is C11H23N3O3. The molecule has 6 nitrogen and oxygen atoms in total. The highest BCUT2D eigenvalue weighted by molar-refractivity contribution is 5.87. The molecule has 0 aliphatic carbocycles. The van der Waals surface area contributed by atoms with Crippen LogP contribution in [0.25, 0.3) is 0 Å². The molecule has 6 heteroatoms. The molecule has 100 valence electrons. The van der Waals surface area contributed by atoms with Gasteiger partial charge in [-0.25, -0.2) is 0 Å². The number of rotatable bonds is 8. The highest BCUT2D eigenvalue weighted by atomic mass is 16.5. The van der Waals surface area contributed by atoms with Crippen molar-refractivity contribution in [1.82, 2.24) is 4.90 Å². The molecule has 17 heavy (non-hydrogen) atoms. The average Bonchev–Trinajstić information content (AvgIpc) is 2.30. The van der Waals surface area contributed by atoms with Gasteiger partial charge in [0, 0.05) is 25.7 Å². The zero-order chi connectivity index (χ0) is 13.3. The molecule has 0 spiro atoms. The summed E-state index contributed by atoms with van der Waals surface area (Å²) < 4.78 is 5.17. The zero-order valence-electron chi connectivity index (χ0n) is 10.8. The van der Waals surface area contributed by atoms with Crippen LogP contribution in [0.1, 0.15) is 33.6 Å². The molecule has 0 aromatic rings. The molecule has 0 fully saturated rings. The summed E-state index contributed by atoms with van der Waals surface area (Å²) in [5.74, 6) is 0.0307. The molecule has 0 rings (SSSR count). The Bertz CT molecular complexity index is 254. The van der Waals surface area contributed by atoms with E-state index in [2.05, 4.69) is 5.16 Å². The van der Waals surface area contributed by atoms with Crippen molar-refractivity contribution < 1.29 is 14.7 Å². The molecule has 0 saturated heterocycles. The zero-order valence-corrected chi connectivity index (χ0v) is 10.8. The predicted molar refractivity (Wildman–Crippen MR) is 66.0 cm³/mol. The summed E-state index contributed by atoms with van der Waals surface area (Å²) in [7, 11) is 0. The van der Waals surface area contributed by atoms with E-state index in [0.29, 0.717) is 26.1 Å². The van der Waals surface area contributed by atoms with Crippen molar-refractivity contribution in [2.75, 3.05) is 19.8 Å². The van der Waals surface area contributed by atoms with E-state index in [1.807, 2.05) is 20.8 Å². The van der Waals surface area contributed by atoms with E-state index < -0.39 is 0 Å². The minimum Gasteiger partial charge on any atom is -0.409 e. The molecule has 0 radical (unpaired) electrons. The Labute approximate surface area is 102 Å². The van der Waals surface area contributed by atoms with Gasteiger partial charge >= 0.3 is 0 Å². The van der Waals surface area contributed by atoms with Crippen molar-refractivity contribution in [2.45, 2.75) is 39.7 Å². The maximum absolute atomic E-state index is 11.9. The number of carbonyl (C=O) groups is 1. The molecule has 0 atom stereocenters. The first-order valence-electron chi connectivity index (χ1n) is 5.86. The SMILES string of the molecule is CCOCCCC(=O)N(CC(N)=NO)C(C)C. The van der Waals surface area contributed by atoms with Crippen molar-refractivity contribution in [3.63, 3.8) is 0 Å². The van der Waals surface area contributed by atoms with Crippen LogP contribution in [0.5, 0.6) is 0 Å². The standard InChI is InChI=1S/C11H23N3O3/c1-4-17-7-5-6-11(15)14(9(2)3)8-10(12)13-16/h9,16H,4-8H2,1-3H3,(H2,12,13). The maximum atomic E-state index is 11.9. The fourth-order valence-electron chi connectivity index (χ4n) is 1.38. The lowest BCUT2D eigenvalue weighted by atomic mass is 10.2. The molecule has 0 saturated carbocycles. The van der Waals surface area contributed by atoms with Crippen LogP contribution in [0, 0.1) is 0 Å². The molecular weight excluding hydrogens is 222 g/mol. The lowest BCUT2D eigenvalue weighted by molar-refractivity contribution is -0.132. The normalized spacial score (nSPS) is 11.9. The van der Waals surface area contributed by atoms with Crippen LogP contribution in [0.4, 0.5) is 0 Å². The molecule has 0 heterocycles. The Morgan fingerprint density at radius 3 is 2.65 bits per heavy atom. The van der Waals surface area contributed by atoms with Crippen molar-refractivity contribution in [2.24, 2.45) is 10.9 Å². The molecule has 1 amide bonds.